The Morgan fingerprint density at radius 2 is 1.93 bits per heavy atom. The number of carbonyl (C=O) groups is 2. The molecule has 0 saturated heterocycles. The molecule has 2 heterocycles. The van der Waals surface area contributed by atoms with Crippen LogP contribution in [-0.2, 0) is 17.7 Å². The number of halogens is 3. The van der Waals surface area contributed by atoms with Crippen molar-refractivity contribution >= 4 is 29.5 Å². The summed E-state index contributed by atoms with van der Waals surface area (Å²) in [5, 5.41) is 2.99. The van der Waals surface area contributed by atoms with Gasteiger partial charge in [-0.3, -0.25) is 4.79 Å². The molecule has 2 aliphatic carbocycles. The van der Waals surface area contributed by atoms with Crippen molar-refractivity contribution < 1.29 is 27.5 Å². The Morgan fingerprint density at radius 1 is 1.10 bits per heavy atom. The van der Waals surface area contributed by atoms with Crippen LogP contribution in [0.15, 0.2) is 48.7 Å². The van der Waals surface area contributed by atoms with Gasteiger partial charge in [0.25, 0.3) is 0 Å². The van der Waals surface area contributed by atoms with Crippen LogP contribution in [0.4, 0.5) is 29.5 Å². The molecular weight excluding hydrogens is 521 g/mol. The summed E-state index contributed by atoms with van der Waals surface area (Å²) in [6.45, 7) is 0.786. The number of nitrogens with one attached hydrogen (secondary N) is 1. The SMILES string of the molecule is O=C1CC=Cc2cc(Nc3nc(-c4ccc5c(c4)CCN(C(=O)OC4CCC(F)(F)CC4)C5)ncc3F)ccc21. The van der Waals surface area contributed by atoms with Gasteiger partial charge < -0.3 is 15.0 Å². The zero-order valence-corrected chi connectivity index (χ0v) is 21.6. The van der Waals surface area contributed by atoms with Gasteiger partial charge in [-0.2, -0.15) is 0 Å². The molecule has 40 heavy (non-hydrogen) atoms. The summed E-state index contributed by atoms with van der Waals surface area (Å²) in [6, 6.07) is 10.9. The fourth-order valence-corrected chi connectivity index (χ4v) is 5.36. The second kappa shape index (κ2) is 10.4. The number of nitrogens with zero attached hydrogens (tertiary/aromatic N) is 3. The van der Waals surface area contributed by atoms with E-state index in [2.05, 4.69) is 15.3 Å². The first kappa shape index (κ1) is 26.0. The predicted octanol–water partition coefficient (Wildman–Crippen LogP) is 6.70. The van der Waals surface area contributed by atoms with Crippen LogP contribution in [0, 0.1) is 5.82 Å². The van der Waals surface area contributed by atoms with Crippen LogP contribution in [0.3, 0.4) is 0 Å². The molecule has 6 rings (SSSR count). The molecule has 3 aromatic rings. The van der Waals surface area contributed by atoms with Gasteiger partial charge in [0.2, 0.25) is 5.92 Å². The van der Waals surface area contributed by atoms with Crippen molar-refractivity contribution in [1.82, 2.24) is 14.9 Å². The Hall–Kier alpha value is -4.21. The van der Waals surface area contributed by atoms with Crippen LogP contribution in [-0.4, -0.2) is 45.3 Å². The van der Waals surface area contributed by atoms with Gasteiger partial charge in [-0.1, -0.05) is 24.3 Å². The minimum atomic E-state index is -2.67. The number of Topliss-reactive ketones (excluding diaryl/α,β-unsaturated/α-hetero) is 1. The third-order valence-corrected chi connectivity index (χ3v) is 7.63. The number of fused-ring (bicyclic) bond motifs is 2. The van der Waals surface area contributed by atoms with Crippen LogP contribution in [0.1, 0.15) is 59.2 Å². The van der Waals surface area contributed by atoms with Crippen molar-refractivity contribution in [2.75, 3.05) is 11.9 Å². The molecule has 0 bridgehead atoms. The van der Waals surface area contributed by atoms with Crippen molar-refractivity contribution in [3.8, 4) is 11.4 Å². The van der Waals surface area contributed by atoms with Gasteiger partial charge in [0, 0.05) is 49.2 Å². The molecule has 0 spiro atoms. The number of benzene rings is 2. The minimum absolute atomic E-state index is 0.0168. The number of anilines is 2. The molecule has 2 aromatic carbocycles. The summed E-state index contributed by atoms with van der Waals surface area (Å²) in [4.78, 5) is 34.9. The number of hydrogen-bond donors (Lipinski definition) is 1. The molecule has 7 nitrogen and oxygen atoms in total. The number of ketones is 1. The Kier molecular flexibility index (Phi) is 6.77. The van der Waals surface area contributed by atoms with E-state index in [1.54, 1.807) is 29.2 Å². The summed E-state index contributed by atoms with van der Waals surface area (Å²) in [5.41, 5.74) is 4.67. The molecule has 1 fully saturated rings. The summed E-state index contributed by atoms with van der Waals surface area (Å²) in [6.07, 6.45) is 4.60. The van der Waals surface area contributed by atoms with E-state index in [-0.39, 0.29) is 37.3 Å². The van der Waals surface area contributed by atoms with Crippen molar-refractivity contribution in [2.45, 2.75) is 57.1 Å². The molecule has 1 aromatic heterocycles. The van der Waals surface area contributed by atoms with E-state index in [0.717, 1.165) is 22.9 Å². The first-order valence-corrected chi connectivity index (χ1v) is 13.3. The van der Waals surface area contributed by atoms with Gasteiger partial charge in [0.1, 0.15) is 6.10 Å². The molecular formula is C30H27F3N4O3. The van der Waals surface area contributed by atoms with E-state index >= 15 is 0 Å². The second-order valence-electron chi connectivity index (χ2n) is 10.4. The van der Waals surface area contributed by atoms with E-state index in [4.69, 9.17) is 4.74 Å². The topological polar surface area (TPSA) is 84.4 Å². The third kappa shape index (κ3) is 5.43. The van der Waals surface area contributed by atoms with Crippen LogP contribution < -0.4 is 5.32 Å². The Labute approximate surface area is 229 Å². The van der Waals surface area contributed by atoms with E-state index in [1.807, 2.05) is 24.3 Å². The first-order chi connectivity index (χ1) is 19.2. The van der Waals surface area contributed by atoms with E-state index in [1.165, 1.54) is 0 Å². The molecule has 1 aliphatic heterocycles. The largest absolute Gasteiger partial charge is 0.446 e. The number of ether oxygens (including phenoxy) is 1. The summed E-state index contributed by atoms with van der Waals surface area (Å²) >= 11 is 0. The summed E-state index contributed by atoms with van der Waals surface area (Å²) < 4.78 is 46.9. The average molecular weight is 549 g/mol. The fraction of sp³-hybridized carbons (Fsp3) is 0.333. The van der Waals surface area contributed by atoms with Crippen LogP contribution in [0.5, 0.6) is 0 Å². The highest BCUT2D eigenvalue weighted by Gasteiger charge is 2.37. The highest BCUT2D eigenvalue weighted by atomic mass is 19.3. The molecule has 0 atom stereocenters. The smallest absolute Gasteiger partial charge is 0.410 e. The number of hydrogen-bond acceptors (Lipinski definition) is 6. The van der Waals surface area contributed by atoms with Crippen molar-refractivity contribution in [2.24, 2.45) is 0 Å². The van der Waals surface area contributed by atoms with E-state index < -0.39 is 23.9 Å². The van der Waals surface area contributed by atoms with Gasteiger partial charge in [-0.15, -0.1) is 0 Å². The lowest BCUT2D eigenvalue weighted by Crippen LogP contribution is -2.39. The van der Waals surface area contributed by atoms with Crippen LogP contribution in [0.2, 0.25) is 0 Å². The van der Waals surface area contributed by atoms with Gasteiger partial charge in [0.15, 0.2) is 23.2 Å². The van der Waals surface area contributed by atoms with Gasteiger partial charge in [0.05, 0.1) is 6.20 Å². The lowest BCUT2D eigenvalue weighted by Gasteiger charge is -2.32. The molecule has 3 aliphatic rings. The lowest BCUT2D eigenvalue weighted by atomic mass is 9.94. The van der Waals surface area contributed by atoms with Crippen molar-refractivity contribution in [3.05, 3.63) is 76.7 Å². The molecule has 0 unspecified atom stereocenters. The number of carbonyl (C=O) groups excluding carboxylic acids is 2. The van der Waals surface area contributed by atoms with Crippen LogP contribution in [0.25, 0.3) is 17.5 Å². The zero-order chi connectivity index (χ0) is 27.9. The third-order valence-electron chi connectivity index (χ3n) is 7.63. The fourth-order valence-electron chi connectivity index (χ4n) is 5.36. The Balaban J connectivity index is 1.14. The number of rotatable bonds is 4. The van der Waals surface area contributed by atoms with Gasteiger partial charge in [-0.25, -0.2) is 27.9 Å². The maximum Gasteiger partial charge on any atom is 0.410 e. The number of allylic oxidation sites excluding steroid dienone is 1. The quantitative estimate of drug-likeness (QED) is 0.391. The lowest BCUT2D eigenvalue weighted by molar-refractivity contribution is -0.0691. The number of amides is 1. The van der Waals surface area contributed by atoms with Crippen molar-refractivity contribution in [1.29, 1.82) is 0 Å². The molecule has 206 valence electrons. The molecule has 1 amide bonds. The standard InChI is InChI=1S/C30H27F3N4O3/c31-25-16-34-27(36-28(25)35-22-6-7-24-19(15-22)2-1-3-26(24)38)20-4-5-21-17-37(13-10-18(21)14-20)29(39)40-23-8-11-30(32,33)12-9-23/h1-2,4-7,14-16,23H,3,8-13,17H2,(H,34,35,36). The monoisotopic (exact) mass is 548 g/mol. The second-order valence-corrected chi connectivity index (χ2v) is 10.4. The number of alkyl halides is 2. The first-order valence-electron chi connectivity index (χ1n) is 13.3. The Morgan fingerprint density at radius 3 is 2.75 bits per heavy atom. The maximum absolute atomic E-state index is 14.6. The average Bonchev–Trinajstić information content (AvgIpc) is 2.95. The predicted molar refractivity (Wildman–Crippen MR) is 143 cm³/mol. The highest BCUT2D eigenvalue weighted by molar-refractivity contribution is 6.03. The molecule has 0 radical (unpaired) electrons. The normalized spacial score (nSPS) is 18.2. The maximum atomic E-state index is 14.6. The highest BCUT2D eigenvalue weighted by Crippen LogP contribution is 2.35. The van der Waals surface area contributed by atoms with Crippen molar-refractivity contribution in [3.63, 3.8) is 0 Å². The molecule has 10 heteroatoms. The Bertz CT molecular complexity index is 1510. The number of aromatic nitrogens is 2. The summed E-state index contributed by atoms with van der Waals surface area (Å²) in [5.74, 6) is -2.87. The van der Waals surface area contributed by atoms with Crippen LogP contribution >= 0.6 is 0 Å². The summed E-state index contributed by atoms with van der Waals surface area (Å²) in [7, 11) is 0. The molecule has 1 saturated carbocycles. The zero-order valence-electron chi connectivity index (χ0n) is 21.6. The van der Waals surface area contributed by atoms with E-state index in [0.29, 0.717) is 48.6 Å². The minimum Gasteiger partial charge on any atom is -0.446 e. The van der Waals surface area contributed by atoms with E-state index in [9.17, 15) is 22.8 Å². The molecule has 1 N–H and O–H groups in total. The van der Waals surface area contributed by atoms with Gasteiger partial charge >= 0.3 is 6.09 Å². The van der Waals surface area contributed by atoms with Gasteiger partial charge in [-0.05, 0) is 60.2 Å².